The number of halogens is 1. The number of benzene rings is 1. The standard InChI is InChI=1S/C13H13BrN2O3S/c1-2-19-12-4-3-10(14)9-13(12)20(17,18)16-11-5-7-15-8-6-11/h3-9H,2H2,1H3,(H,15,16). The van der Waals surface area contributed by atoms with Crippen LogP contribution in [0, 0.1) is 0 Å². The van der Waals surface area contributed by atoms with Gasteiger partial charge in [-0.3, -0.25) is 9.71 Å². The van der Waals surface area contributed by atoms with E-state index in [1.807, 2.05) is 0 Å². The summed E-state index contributed by atoms with van der Waals surface area (Å²) in [5, 5.41) is 0. The lowest BCUT2D eigenvalue weighted by Crippen LogP contribution is -2.14. The molecular weight excluding hydrogens is 344 g/mol. The topological polar surface area (TPSA) is 68.3 Å². The van der Waals surface area contributed by atoms with Gasteiger partial charge in [0.1, 0.15) is 10.6 Å². The second kappa shape index (κ2) is 6.23. The molecule has 2 aromatic rings. The van der Waals surface area contributed by atoms with Gasteiger partial charge in [-0.15, -0.1) is 0 Å². The molecule has 0 spiro atoms. The summed E-state index contributed by atoms with van der Waals surface area (Å²) in [6.07, 6.45) is 3.03. The molecule has 0 aliphatic carbocycles. The average molecular weight is 357 g/mol. The predicted molar refractivity (Wildman–Crippen MR) is 80.4 cm³/mol. The molecule has 5 nitrogen and oxygen atoms in total. The van der Waals surface area contributed by atoms with Crippen molar-refractivity contribution in [2.75, 3.05) is 11.3 Å². The fourth-order valence-corrected chi connectivity index (χ4v) is 3.34. The van der Waals surface area contributed by atoms with Gasteiger partial charge in [0.15, 0.2) is 0 Å². The van der Waals surface area contributed by atoms with Crippen LogP contribution in [0.2, 0.25) is 0 Å². The number of sulfonamides is 1. The van der Waals surface area contributed by atoms with Crippen LogP contribution >= 0.6 is 15.9 Å². The number of rotatable bonds is 5. The van der Waals surface area contributed by atoms with Gasteiger partial charge in [0.2, 0.25) is 0 Å². The van der Waals surface area contributed by atoms with E-state index in [0.29, 0.717) is 22.5 Å². The van der Waals surface area contributed by atoms with E-state index in [0.717, 1.165) is 0 Å². The van der Waals surface area contributed by atoms with E-state index in [1.165, 1.54) is 18.5 Å². The van der Waals surface area contributed by atoms with E-state index >= 15 is 0 Å². The highest BCUT2D eigenvalue weighted by molar-refractivity contribution is 9.10. The third kappa shape index (κ3) is 3.49. The Morgan fingerprint density at radius 1 is 1.25 bits per heavy atom. The highest BCUT2D eigenvalue weighted by Gasteiger charge is 2.20. The molecule has 1 heterocycles. The van der Waals surface area contributed by atoms with Gasteiger partial charge < -0.3 is 4.74 Å². The lowest BCUT2D eigenvalue weighted by atomic mass is 10.3. The fourth-order valence-electron chi connectivity index (χ4n) is 1.60. The molecule has 0 unspecified atom stereocenters. The SMILES string of the molecule is CCOc1ccc(Br)cc1S(=O)(=O)Nc1ccncc1. The summed E-state index contributed by atoms with van der Waals surface area (Å²) in [5.74, 6) is 0.317. The summed E-state index contributed by atoms with van der Waals surface area (Å²) >= 11 is 3.27. The molecule has 0 amide bonds. The summed E-state index contributed by atoms with van der Waals surface area (Å²) in [4.78, 5) is 3.93. The molecule has 1 aromatic carbocycles. The number of anilines is 1. The van der Waals surface area contributed by atoms with Gasteiger partial charge in [0.25, 0.3) is 10.0 Å². The van der Waals surface area contributed by atoms with Crippen LogP contribution in [0.1, 0.15) is 6.92 Å². The van der Waals surface area contributed by atoms with Crippen molar-refractivity contribution < 1.29 is 13.2 Å². The van der Waals surface area contributed by atoms with Gasteiger partial charge >= 0.3 is 0 Å². The Kier molecular flexibility index (Phi) is 4.61. The van der Waals surface area contributed by atoms with E-state index in [1.54, 1.807) is 31.2 Å². The van der Waals surface area contributed by atoms with Crippen LogP contribution in [0.5, 0.6) is 5.75 Å². The molecule has 2 rings (SSSR count). The molecule has 0 bridgehead atoms. The molecule has 0 aliphatic heterocycles. The molecule has 1 N–H and O–H groups in total. The van der Waals surface area contributed by atoms with Gasteiger partial charge in [-0.25, -0.2) is 8.42 Å². The van der Waals surface area contributed by atoms with Gasteiger partial charge in [-0.1, -0.05) is 15.9 Å². The predicted octanol–water partition coefficient (Wildman–Crippen LogP) is 3.04. The van der Waals surface area contributed by atoms with Crippen molar-refractivity contribution in [3.8, 4) is 5.75 Å². The zero-order chi connectivity index (χ0) is 14.6. The van der Waals surface area contributed by atoms with Crippen LogP contribution in [0.4, 0.5) is 5.69 Å². The van der Waals surface area contributed by atoms with Crippen molar-refractivity contribution >= 4 is 31.6 Å². The molecule has 0 radical (unpaired) electrons. The van der Waals surface area contributed by atoms with Crippen molar-refractivity contribution in [2.24, 2.45) is 0 Å². The van der Waals surface area contributed by atoms with Crippen LogP contribution in [0.15, 0.2) is 52.1 Å². The normalized spacial score (nSPS) is 11.1. The van der Waals surface area contributed by atoms with Crippen molar-refractivity contribution in [3.63, 3.8) is 0 Å². The first-order chi connectivity index (χ1) is 9.53. The zero-order valence-electron chi connectivity index (χ0n) is 10.7. The summed E-state index contributed by atoms with van der Waals surface area (Å²) in [7, 11) is -3.72. The third-order valence-corrected chi connectivity index (χ3v) is 4.32. The van der Waals surface area contributed by atoms with Crippen LogP contribution in [-0.4, -0.2) is 20.0 Å². The highest BCUT2D eigenvalue weighted by Crippen LogP contribution is 2.29. The minimum absolute atomic E-state index is 0.0885. The Bertz CT molecular complexity index is 690. The lowest BCUT2D eigenvalue weighted by Gasteiger charge is -2.12. The van der Waals surface area contributed by atoms with E-state index in [4.69, 9.17) is 4.74 Å². The first-order valence-electron chi connectivity index (χ1n) is 5.88. The quantitative estimate of drug-likeness (QED) is 0.893. The number of pyridine rings is 1. The maximum Gasteiger partial charge on any atom is 0.265 e. The van der Waals surface area contributed by atoms with Gasteiger partial charge in [-0.2, -0.15) is 0 Å². The smallest absolute Gasteiger partial charge is 0.265 e. The van der Waals surface area contributed by atoms with Crippen molar-refractivity contribution in [3.05, 3.63) is 47.2 Å². The number of aromatic nitrogens is 1. The fraction of sp³-hybridized carbons (Fsp3) is 0.154. The number of ether oxygens (including phenoxy) is 1. The van der Waals surface area contributed by atoms with Gasteiger partial charge in [0.05, 0.1) is 12.3 Å². The maximum atomic E-state index is 12.4. The molecule has 7 heteroatoms. The lowest BCUT2D eigenvalue weighted by molar-refractivity contribution is 0.331. The van der Waals surface area contributed by atoms with Gasteiger partial charge in [0, 0.05) is 16.9 Å². The van der Waals surface area contributed by atoms with Crippen molar-refractivity contribution in [1.29, 1.82) is 0 Å². The van der Waals surface area contributed by atoms with Crippen LogP contribution < -0.4 is 9.46 Å². The van der Waals surface area contributed by atoms with Crippen LogP contribution in [0.3, 0.4) is 0 Å². The maximum absolute atomic E-state index is 12.4. The Balaban J connectivity index is 2.41. The van der Waals surface area contributed by atoms with Crippen LogP contribution in [0.25, 0.3) is 0 Å². The summed E-state index contributed by atoms with van der Waals surface area (Å²) < 4.78 is 33.4. The van der Waals surface area contributed by atoms with E-state index in [-0.39, 0.29) is 4.90 Å². The van der Waals surface area contributed by atoms with E-state index in [2.05, 4.69) is 25.6 Å². The number of hydrogen-bond donors (Lipinski definition) is 1. The Labute approximate surface area is 126 Å². The summed E-state index contributed by atoms with van der Waals surface area (Å²) in [5.41, 5.74) is 0.447. The van der Waals surface area contributed by atoms with E-state index in [9.17, 15) is 8.42 Å². The molecule has 1 aromatic heterocycles. The number of nitrogens with zero attached hydrogens (tertiary/aromatic N) is 1. The molecule has 0 saturated carbocycles. The average Bonchev–Trinajstić information content (AvgIpc) is 2.41. The zero-order valence-corrected chi connectivity index (χ0v) is 13.1. The Morgan fingerprint density at radius 3 is 2.60 bits per heavy atom. The highest BCUT2D eigenvalue weighted by atomic mass is 79.9. The first-order valence-corrected chi connectivity index (χ1v) is 8.16. The number of nitrogens with one attached hydrogen (secondary N) is 1. The number of hydrogen-bond acceptors (Lipinski definition) is 4. The largest absolute Gasteiger partial charge is 0.492 e. The van der Waals surface area contributed by atoms with Crippen molar-refractivity contribution in [1.82, 2.24) is 4.98 Å². The van der Waals surface area contributed by atoms with Gasteiger partial charge in [-0.05, 0) is 37.3 Å². The third-order valence-electron chi connectivity index (χ3n) is 2.43. The monoisotopic (exact) mass is 356 g/mol. The second-order valence-corrected chi connectivity index (χ2v) is 6.43. The minimum atomic E-state index is -3.72. The summed E-state index contributed by atoms with van der Waals surface area (Å²) in [6, 6.07) is 8.02. The Hall–Kier alpha value is -1.60. The molecular formula is C13H13BrN2O3S. The molecule has 0 fully saturated rings. The Morgan fingerprint density at radius 2 is 1.95 bits per heavy atom. The summed E-state index contributed by atoms with van der Waals surface area (Å²) in [6.45, 7) is 2.19. The molecule has 20 heavy (non-hydrogen) atoms. The molecule has 106 valence electrons. The molecule has 0 aliphatic rings. The van der Waals surface area contributed by atoms with E-state index < -0.39 is 10.0 Å². The van der Waals surface area contributed by atoms with Crippen molar-refractivity contribution in [2.45, 2.75) is 11.8 Å². The first kappa shape index (κ1) is 14.8. The molecule has 0 atom stereocenters. The van der Waals surface area contributed by atoms with Crippen LogP contribution in [-0.2, 0) is 10.0 Å². The molecule has 0 saturated heterocycles. The minimum Gasteiger partial charge on any atom is -0.492 e. The second-order valence-electron chi connectivity index (χ2n) is 3.87.